The fourth-order valence-electron chi connectivity index (χ4n) is 3.37. The molecule has 0 saturated heterocycles. The van der Waals surface area contributed by atoms with Crippen molar-refractivity contribution in [2.24, 2.45) is 0 Å². The number of ether oxygens (including phenoxy) is 2. The molecule has 0 amide bonds. The largest absolute Gasteiger partial charge is 0.497 e. The summed E-state index contributed by atoms with van der Waals surface area (Å²) in [5.41, 5.74) is 3.63. The number of methoxy groups -OCH3 is 1. The number of aliphatic hydroxyl groups is 1. The lowest BCUT2D eigenvalue weighted by Gasteiger charge is -2.14. The molecule has 0 spiro atoms. The van der Waals surface area contributed by atoms with Gasteiger partial charge in [0.2, 0.25) is 0 Å². The first-order valence-electron chi connectivity index (χ1n) is 9.73. The van der Waals surface area contributed by atoms with E-state index in [1.54, 1.807) is 22.3 Å². The van der Waals surface area contributed by atoms with Gasteiger partial charge >= 0.3 is 0 Å². The van der Waals surface area contributed by atoms with Crippen LogP contribution in [0.3, 0.4) is 0 Å². The van der Waals surface area contributed by atoms with Crippen LogP contribution in [0.2, 0.25) is 0 Å². The number of aliphatic hydroxyl groups excluding tert-OH is 1. The molecule has 0 unspecified atom stereocenters. The van der Waals surface area contributed by atoms with Crippen molar-refractivity contribution in [1.82, 2.24) is 14.2 Å². The third-order valence-corrected chi connectivity index (χ3v) is 4.89. The smallest absolute Gasteiger partial charge is 0.277 e. The Balaban J connectivity index is 1.82. The fourth-order valence-corrected chi connectivity index (χ4v) is 3.37. The zero-order valence-electron chi connectivity index (χ0n) is 16.7. The summed E-state index contributed by atoms with van der Waals surface area (Å²) in [6.07, 6.45) is 1.86. The third-order valence-electron chi connectivity index (χ3n) is 4.89. The van der Waals surface area contributed by atoms with Gasteiger partial charge in [-0.2, -0.15) is 5.10 Å². The van der Waals surface area contributed by atoms with Gasteiger partial charge in [0.05, 0.1) is 44.5 Å². The number of fused-ring (bicyclic) bond motifs is 1. The van der Waals surface area contributed by atoms with Gasteiger partial charge in [0.15, 0.2) is 0 Å². The van der Waals surface area contributed by atoms with Crippen LogP contribution in [-0.2, 0) is 11.3 Å². The van der Waals surface area contributed by atoms with E-state index in [1.165, 1.54) is 0 Å². The second-order valence-electron chi connectivity index (χ2n) is 6.76. The molecule has 7 heteroatoms. The summed E-state index contributed by atoms with van der Waals surface area (Å²) in [5.74, 6) is 0.741. The highest BCUT2D eigenvalue weighted by Crippen LogP contribution is 2.24. The number of nitrogens with zero attached hydrogens (tertiary/aromatic N) is 3. The van der Waals surface area contributed by atoms with Crippen LogP contribution in [0.1, 0.15) is 0 Å². The standard InChI is InChI=1S/C23H23N3O4/c1-29-19-9-7-18(8-10-19)22-16-26-21(23(28)25(22)11-13-30-14-12-27)15-20(24-26)17-5-3-2-4-6-17/h2-10,15-16,27H,11-14H2,1H3. The Labute approximate surface area is 173 Å². The second-order valence-corrected chi connectivity index (χ2v) is 6.76. The third kappa shape index (κ3) is 3.98. The summed E-state index contributed by atoms with van der Waals surface area (Å²) in [6, 6.07) is 19.1. The summed E-state index contributed by atoms with van der Waals surface area (Å²) in [6.45, 7) is 0.865. The fraction of sp³-hybridized carbons (Fsp3) is 0.217. The van der Waals surface area contributed by atoms with Crippen molar-refractivity contribution in [3.05, 3.63) is 77.2 Å². The van der Waals surface area contributed by atoms with E-state index in [4.69, 9.17) is 14.6 Å². The normalized spacial score (nSPS) is 11.1. The molecule has 154 valence electrons. The molecular weight excluding hydrogens is 382 g/mol. The molecule has 0 saturated carbocycles. The first-order chi connectivity index (χ1) is 14.7. The van der Waals surface area contributed by atoms with E-state index < -0.39 is 0 Å². The van der Waals surface area contributed by atoms with E-state index >= 15 is 0 Å². The van der Waals surface area contributed by atoms with Crippen molar-refractivity contribution in [2.75, 3.05) is 26.9 Å². The van der Waals surface area contributed by atoms with Crippen LogP contribution in [0.15, 0.2) is 71.7 Å². The highest BCUT2D eigenvalue weighted by Gasteiger charge is 2.15. The molecule has 0 fully saturated rings. The molecular formula is C23H23N3O4. The molecule has 0 bridgehead atoms. The topological polar surface area (TPSA) is 78.0 Å². The van der Waals surface area contributed by atoms with Crippen molar-refractivity contribution < 1.29 is 14.6 Å². The Morgan fingerprint density at radius 2 is 1.77 bits per heavy atom. The van der Waals surface area contributed by atoms with E-state index in [1.807, 2.05) is 60.8 Å². The lowest BCUT2D eigenvalue weighted by Crippen LogP contribution is -2.26. The molecule has 0 atom stereocenters. The minimum Gasteiger partial charge on any atom is -0.497 e. The molecule has 0 aliphatic carbocycles. The van der Waals surface area contributed by atoms with Crippen LogP contribution >= 0.6 is 0 Å². The molecule has 1 N–H and O–H groups in total. The molecule has 2 aromatic carbocycles. The maximum Gasteiger partial charge on any atom is 0.277 e. The predicted molar refractivity (Wildman–Crippen MR) is 115 cm³/mol. The quantitative estimate of drug-likeness (QED) is 0.456. The molecule has 0 aliphatic heterocycles. The van der Waals surface area contributed by atoms with Crippen molar-refractivity contribution in [3.8, 4) is 28.3 Å². The lowest BCUT2D eigenvalue weighted by molar-refractivity contribution is 0.0868. The molecule has 4 aromatic rings. The molecule has 2 heterocycles. The van der Waals surface area contributed by atoms with Gasteiger partial charge in [0.1, 0.15) is 11.3 Å². The van der Waals surface area contributed by atoms with Gasteiger partial charge in [0.25, 0.3) is 5.56 Å². The van der Waals surface area contributed by atoms with Gasteiger partial charge in [-0.3, -0.25) is 4.79 Å². The number of benzene rings is 2. The zero-order chi connectivity index (χ0) is 20.9. The minimum atomic E-state index is -0.148. The maximum atomic E-state index is 13.3. The number of hydrogen-bond acceptors (Lipinski definition) is 5. The Hall–Kier alpha value is -3.42. The van der Waals surface area contributed by atoms with Gasteiger partial charge in [-0.05, 0) is 30.3 Å². The molecule has 30 heavy (non-hydrogen) atoms. The molecule has 0 radical (unpaired) electrons. The molecule has 7 nitrogen and oxygen atoms in total. The summed E-state index contributed by atoms with van der Waals surface area (Å²) in [4.78, 5) is 13.3. The number of rotatable bonds is 8. The minimum absolute atomic E-state index is 0.0532. The second kappa shape index (κ2) is 8.94. The predicted octanol–water partition coefficient (Wildman–Crippen LogP) is 2.85. The molecule has 0 aliphatic rings. The monoisotopic (exact) mass is 405 g/mol. The first kappa shape index (κ1) is 19.9. The summed E-state index contributed by atoms with van der Waals surface area (Å²) < 4.78 is 14.0. The summed E-state index contributed by atoms with van der Waals surface area (Å²) >= 11 is 0. The van der Waals surface area contributed by atoms with Crippen molar-refractivity contribution in [2.45, 2.75) is 6.54 Å². The van der Waals surface area contributed by atoms with Crippen LogP contribution in [0.5, 0.6) is 5.75 Å². The molecule has 4 rings (SSSR count). The average Bonchev–Trinajstić information content (AvgIpc) is 3.23. The van der Waals surface area contributed by atoms with E-state index in [9.17, 15) is 4.79 Å². The van der Waals surface area contributed by atoms with Gasteiger partial charge < -0.3 is 19.1 Å². The van der Waals surface area contributed by atoms with Gasteiger partial charge in [-0.1, -0.05) is 30.3 Å². The zero-order valence-corrected chi connectivity index (χ0v) is 16.7. The number of hydrogen-bond donors (Lipinski definition) is 1. The Morgan fingerprint density at radius 3 is 2.47 bits per heavy atom. The highest BCUT2D eigenvalue weighted by molar-refractivity contribution is 5.68. The lowest BCUT2D eigenvalue weighted by atomic mass is 10.1. The van der Waals surface area contributed by atoms with Crippen LogP contribution in [0.25, 0.3) is 28.0 Å². The number of aromatic nitrogens is 3. The highest BCUT2D eigenvalue weighted by atomic mass is 16.5. The van der Waals surface area contributed by atoms with Crippen LogP contribution in [-0.4, -0.2) is 46.2 Å². The molecule has 2 aromatic heterocycles. The van der Waals surface area contributed by atoms with Gasteiger partial charge in [0, 0.05) is 17.7 Å². The van der Waals surface area contributed by atoms with Crippen molar-refractivity contribution in [3.63, 3.8) is 0 Å². The van der Waals surface area contributed by atoms with Crippen LogP contribution in [0.4, 0.5) is 0 Å². The van der Waals surface area contributed by atoms with E-state index in [0.29, 0.717) is 18.7 Å². The summed E-state index contributed by atoms with van der Waals surface area (Å²) in [7, 11) is 1.62. The van der Waals surface area contributed by atoms with E-state index in [2.05, 4.69) is 5.10 Å². The van der Waals surface area contributed by atoms with Crippen LogP contribution < -0.4 is 10.3 Å². The Kier molecular flexibility index (Phi) is 5.92. The maximum absolute atomic E-state index is 13.3. The van der Waals surface area contributed by atoms with Gasteiger partial charge in [-0.25, -0.2) is 4.52 Å². The first-order valence-corrected chi connectivity index (χ1v) is 9.73. The Morgan fingerprint density at radius 1 is 1.00 bits per heavy atom. The van der Waals surface area contributed by atoms with E-state index in [-0.39, 0.29) is 18.8 Å². The van der Waals surface area contributed by atoms with Crippen molar-refractivity contribution in [1.29, 1.82) is 0 Å². The van der Waals surface area contributed by atoms with E-state index in [0.717, 1.165) is 28.3 Å². The summed E-state index contributed by atoms with van der Waals surface area (Å²) in [5, 5.41) is 13.6. The average molecular weight is 405 g/mol. The Bertz CT molecular complexity index is 1180. The SMILES string of the molecule is COc1ccc(-c2cn3nc(-c4ccccc4)cc3c(=O)n2CCOCCO)cc1. The van der Waals surface area contributed by atoms with Crippen LogP contribution in [0, 0.1) is 0 Å². The van der Waals surface area contributed by atoms with Crippen molar-refractivity contribution >= 4 is 5.52 Å². The van der Waals surface area contributed by atoms with Gasteiger partial charge in [-0.15, -0.1) is 0 Å².